The van der Waals surface area contributed by atoms with E-state index in [-0.39, 0.29) is 0 Å². The van der Waals surface area contributed by atoms with Crippen molar-refractivity contribution in [2.45, 2.75) is 38.5 Å². The van der Waals surface area contributed by atoms with Crippen molar-refractivity contribution in [2.75, 3.05) is 0 Å². The summed E-state index contributed by atoms with van der Waals surface area (Å²) in [6.45, 7) is 0. The topological polar surface area (TPSA) is 34.1 Å². The molecule has 2 nitrogen and oxygen atoms in total. The van der Waals surface area contributed by atoms with Crippen LogP contribution in [0.1, 0.15) is 38.5 Å². The molecule has 0 aromatic heterocycles. The summed E-state index contributed by atoms with van der Waals surface area (Å²) in [6, 6.07) is 0. The number of ketones is 2. The molecule has 72 valence electrons. The maximum Gasteiger partial charge on any atom is 0.159 e. The molecule has 0 atom stereocenters. The van der Waals surface area contributed by atoms with Crippen LogP contribution in [-0.2, 0) is 9.59 Å². The predicted molar refractivity (Wildman–Crippen MR) is 51.8 cm³/mol. The first-order valence-corrected chi connectivity index (χ1v) is 5.24. The molecule has 2 heteroatoms. The van der Waals surface area contributed by atoms with E-state index in [1.807, 2.05) is 0 Å². The molecule has 3 aliphatic carbocycles. The van der Waals surface area contributed by atoms with Gasteiger partial charge in [-0.25, -0.2) is 0 Å². The molecule has 0 aromatic carbocycles. The quantitative estimate of drug-likeness (QED) is 0.583. The molecule has 0 heterocycles. The first-order valence-electron chi connectivity index (χ1n) is 5.24. The highest BCUT2D eigenvalue weighted by molar-refractivity contribution is 6.04. The molecule has 0 spiro atoms. The Labute approximate surface area is 82.7 Å². The van der Waals surface area contributed by atoms with E-state index in [2.05, 4.69) is 0 Å². The van der Waals surface area contributed by atoms with Gasteiger partial charge < -0.3 is 0 Å². The van der Waals surface area contributed by atoms with Gasteiger partial charge in [-0.15, -0.1) is 0 Å². The fraction of sp³-hybridized carbons (Fsp3) is 0.500. The van der Waals surface area contributed by atoms with Crippen LogP contribution in [0.4, 0.5) is 0 Å². The van der Waals surface area contributed by atoms with Gasteiger partial charge >= 0.3 is 0 Å². The Bertz CT molecular complexity index is 370. The lowest BCUT2D eigenvalue weighted by molar-refractivity contribution is -0.115. The van der Waals surface area contributed by atoms with E-state index in [1.165, 1.54) is 11.1 Å². The molecule has 0 N–H and O–H groups in total. The van der Waals surface area contributed by atoms with Crippen molar-refractivity contribution in [3.05, 3.63) is 22.3 Å². The number of carbonyl (C=O) groups excluding carboxylic acids is 2. The Morgan fingerprint density at radius 2 is 1.07 bits per heavy atom. The second-order valence-electron chi connectivity index (χ2n) is 4.36. The Balaban J connectivity index is 1.97. The lowest BCUT2D eigenvalue weighted by Crippen LogP contribution is -2.06. The Kier molecular flexibility index (Phi) is 1.55. The molecule has 0 aromatic rings. The van der Waals surface area contributed by atoms with Crippen molar-refractivity contribution in [2.24, 2.45) is 0 Å². The summed E-state index contributed by atoms with van der Waals surface area (Å²) in [5, 5.41) is 0. The lowest BCUT2D eigenvalue weighted by atomic mass is 9.89. The van der Waals surface area contributed by atoms with Crippen LogP contribution >= 0.6 is 0 Å². The minimum Gasteiger partial charge on any atom is -0.295 e. The van der Waals surface area contributed by atoms with Crippen molar-refractivity contribution in [3.8, 4) is 0 Å². The van der Waals surface area contributed by atoms with Crippen LogP contribution < -0.4 is 0 Å². The fourth-order valence-electron chi connectivity index (χ4n) is 2.79. The summed E-state index contributed by atoms with van der Waals surface area (Å²) >= 11 is 0. The molecule has 0 aliphatic heterocycles. The van der Waals surface area contributed by atoms with Crippen LogP contribution in [0.15, 0.2) is 22.3 Å². The molecule has 0 fully saturated rings. The highest BCUT2D eigenvalue weighted by atomic mass is 16.1. The normalized spacial score (nSPS) is 26.0. The molecule has 0 amide bonds. The summed E-state index contributed by atoms with van der Waals surface area (Å²) in [5.74, 6) is 0.650. The zero-order valence-corrected chi connectivity index (χ0v) is 8.06. The standard InChI is InChI=1S/C12H12O2/c13-11-3-1-7-5-10-8(6-9(7)11)2-4-12(10)14/h1-6H2. The van der Waals surface area contributed by atoms with Gasteiger partial charge in [-0.2, -0.15) is 0 Å². The molecule has 0 saturated heterocycles. The van der Waals surface area contributed by atoms with E-state index in [9.17, 15) is 9.59 Å². The molecule has 0 unspecified atom stereocenters. The highest BCUT2D eigenvalue weighted by Gasteiger charge is 2.33. The summed E-state index contributed by atoms with van der Waals surface area (Å²) in [5.41, 5.74) is 4.59. The molecule has 0 radical (unpaired) electrons. The summed E-state index contributed by atoms with van der Waals surface area (Å²) in [7, 11) is 0. The van der Waals surface area contributed by atoms with Gasteiger partial charge in [0.15, 0.2) is 11.6 Å². The number of rotatable bonds is 0. The molecule has 3 aliphatic rings. The SMILES string of the molecule is O=C1CCC2=C1CC1=C(C2)C(=O)CC1. The van der Waals surface area contributed by atoms with Crippen molar-refractivity contribution < 1.29 is 9.59 Å². The van der Waals surface area contributed by atoms with Gasteiger partial charge in [-0.1, -0.05) is 11.1 Å². The van der Waals surface area contributed by atoms with Crippen molar-refractivity contribution in [1.29, 1.82) is 0 Å². The smallest absolute Gasteiger partial charge is 0.159 e. The van der Waals surface area contributed by atoms with E-state index < -0.39 is 0 Å². The van der Waals surface area contributed by atoms with Gasteiger partial charge in [0.1, 0.15) is 0 Å². The van der Waals surface area contributed by atoms with Gasteiger partial charge in [-0.3, -0.25) is 9.59 Å². The number of hydrogen-bond donors (Lipinski definition) is 0. The second-order valence-corrected chi connectivity index (χ2v) is 4.36. The minimum atomic E-state index is 0.325. The summed E-state index contributed by atoms with van der Waals surface area (Å²) < 4.78 is 0. The van der Waals surface area contributed by atoms with Gasteiger partial charge in [0, 0.05) is 12.8 Å². The maximum atomic E-state index is 11.5. The average Bonchev–Trinajstić information content (AvgIpc) is 2.71. The molecule has 3 rings (SSSR count). The first kappa shape index (κ1) is 8.16. The Morgan fingerprint density at radius 3 is 1.50 bits per heavy atom. The Hall–Kier alpha value is -1.18. The number of Topliss-reactive ketones (excluding diaryl/α,β-unsaturated/α-hetero) is 2. The Morgan fingerprint density at radius 1 is 0.643 bits per heavy atom. The third-order valence-corrected chi connectivity index (χ3v) is 3.61. The number of allylic oxidation sites excluding steroid dienone is 4. The summed E-state index contributed by atoms with van der Waals surface area (Å²) in [6.07, 6.45) is 4.74. The van der Waals surface area contributed by atoms with Crippen molar-refractivity contribution in [3.63, 3.8) is 0 Å². The van der Waals surface area contributed by atoms with Crippen LogP contribution in [0.3, 0.4) is 0 Å². The lowest BCUT2D eigenvalue weighted by Gasteiger charge is -2.15. The molecular formula is C12H12O2. The number of hydrogen-bond acceptors (Lipinski definition) is 2. The molecule has 0 saturated carbocycles. The zero-order valence-electron chi connectivity index (χ0n) is 8.06. The van der Waals surface area contributed by atoms with Gasteiger partial charge in [0.05, 0.1) is 0 Å². The average molecular weight is 188 g/mol. The maximum absolute atomic E-state index is 11.5. The highest BCUT2D eigenvalue weighted by Crippen LogP contribution is 2.42. The third kappa shape index (κ3) is 0.969. The van der Waals surface area contributed by atoms with Gasteiger partial charge in [0.25, 0.3) is 0 Å². The van der Waals surface area contributed by atoms with Crippen molar-refractivity contribution >= 4 is 11.6 Å². The molecular weight excluding hydrogens is 176 g/mol. The van der Waals surface area contributed by atoms with Crippen LogP contribution in [-0.4, -0.2) is 11.6 Å². The van der Waals surface area contributed by atoms with Crippen LogP contribution in [0, 0.1) is 0 Å². The number of carbonyl (C=O) groups is 2. The van der Waals surface area contributed by atoms with E-state index in [0.29, 0.717) is 24.4 Å². The van der Waals surface area contributed by atoms with E-state index in [0.717, 1.165) is 36.8 Å². The zero-order chi connectivity index (χ0) is 9.71. The van der Waals surface area contributed by atoms with E-state index >= 15 is 0 Å². The third-order valence-electron chi connectivity index (χ3n) is 3.61. The van der Waals surface area contributed by atoms with Crippen LogP contribution in [0.5, 0.6) is 0 Å². The fourth-order valence-corrected chi connectivity index (χ4v) is 2.79. The van der Waals surface area contributed by atoms with Crippen LogP contribution in [0.2, 0.25) is 0 Å². The van der Waals surface area contributed by atoms with Crippen LogP contribution in [0.25, 0.3) is 0 Å². The van der Waals surface area contributed by atoms with E-state index in [1.54, 1.807) is 0 Å². The van der Waals surface area contributed by atoms with Gasteiger partial charge in [-0.05, 0) is 36.8 Å². The largest absolute Gasteiger partial charge is 0.295 e. The van der Waals surface area contributed by atoms with Crippen molar-refractivity contribution in [1.82, 2.24) is 0 Å². The molecule has 14 heavy (non-hydrogen) atoms. The molecule has 0 bridgehead atoms. The first-order chi connectivity index (χ1) is 6.75. The monoisotopic (exact) mass is 188 g/mol. The summed E-state index contributed by atoms with van der Waals surface area (Å²) in [4.78, 5) is 23.0. The van der Waals surface area contributed by atoms with Gasteiger partial charge in [0.2, 0.25) is 0 Å². The van der Waals surface area contributed by atoms with E-state index in [4.69, 9.17) is 0 Å². The second kappa shape index (κ2) is 2.66. The minimum absolute atomic E-state index is 0.325. The predicted octanol–water partition coefficient (Wildman–Crippen LogP) is 2.10.